The van der Waals surface area contributed by atoms with E-state index in [-0.39, 0.29) is 11.7 Å². The standard InChI is InChI=1S/C10H19ClO.C7H15NO3/c1-2-3-4-5-6-7-8-9-10(11)12;1-8(2,3)5-6(9)4-7(10)11/h2-9H2,1H3;6,9H,4-5H2,1-3H3. The Labute approximate surface area is 146 Å². The number of hydrogen-bond donors (Lipinski definition) is 1. The first-order valence-electron chi connectivity index (χ1n) is 8.45. The summed E-state index contributed by atoms with van der Waals surface area (Å²) in [5.74, 6) is -1.20. The van der Waals surface area contributed by atoms with E-state index in [1.807, 2.05) is 21.1 Å². The molecular weight excluding hydrogens is 318 g/mol. The van der Waals surface area contributed by atoms with Gasteiger partial charge in [0, 0.05) is 18.8 Å². The molecule has 0 aromatic carbocycles. The first-order valence-corrected chi connectivity index (χ1v) is 8.83. The Morgan fingerprint density at radius 1 is 1.04 bits per heavy atom. The number of aliphatic hydroxyl groups excluding tert-OH is 1. The van der Waals surface area contributed by atoms with Crippen molar-refractivity contribution in [3.8, 4) is 0 Å². The third kappa shape index (κ3) is 26.6. The summed E-state index contributed by atoms with van der Waals surface area (Å²) < 4.78 is 0.550. The predicted octanol–water partition coefficient (Wildman–Crippen LogP) is 2.09. The van der Waals surface area contributed by atoms with Crippen molar-refractivity contribution in [1.29, 1.82) is 0 Å². The second-order valence-corrected chi connectivity index (χ2v) is 7.35. The van der Waals surface area contributed by atoms with Crippen LogP contribution in [0.3, 0.4) is 0 Å². The maximum atomic E-state index is 10.3. The minimum absolute atomic E-state index is 0.191. The molecule has 0 fully saturated rings. The van der Waals surface area contributed by atoms with Gasteiger partial charge in [-0.15, -0.1) is 0 Å². The smallest absolute Gasteiger partial charge is 0.221 e. The van der Waals surface area contributed by atoms with Crippen molar-refractivity contribution in [3.05, 3.63) is 0 Å². The topological polar surface area (TPSA) is 77.4 Å². The van der Waals surface area contributed by atoms with E-state index in [0.717, 1.165) is 12.8 Å². The molecule has 0 aliphatic carbocycles. The molecule has 0 amide bonds. The Hall–Kier alpha value is -0.650. The van der Waals surface area contributed by atoms with Crippen LogP contribution < -0.4 is 5.11 Å². The van der Waals surface area contributed by atoms with Crippen molar-refractivity contribution in [1.82, 2.24) is 0 Å². The van der Waals surface area contributed by atoms with Crippen molar-refractivity contribution < 1.29 is 24.3 Å². The third-order valence-corrected chi connectivity index (χ3v) is 3.33. The maximum absolute atomic E-state index is 10.3. The summed E-state index contributed by atoms with van der Waals surface area (Å²) in [4.78, 5) is 20.4. The number of halogens is 1. The van der Waals surface area contributed by atoms with Crippen molar-refractivity contribution in [2.45, 2.75) is 70.8 Å². The number of quaternary nitrogens is 1. The van der Waals surface area contributed by atoms with Crippen LogP contribution in [0.4, 0.5) is 0 Å². The van der Waals surface area contributed by atoms with E-state index in [2.05, 4.69) is 6.92 Å². The monoisotopic (exact) mass is 351 g/mol. The molecular formula is C17H34ClNO4. The van der Waals surface area contributed by atoms with Crippen LogP contribution in [0, 0.1) is 0 Å². The molecule has 0 heterocycles. The number of aliphatic hydroxyl groups is 1. The molecule has 0 saturated heterocycles. The predicted molar refractivity (Wildman–Crippen MR) is 92.0 cm³/mol. The fourth-order valence-corrected chi connectivity index (χ4v) is 2.24. The quantitative estimate of drug-likeness (QED) is 0.332. The molecule has 23 heavy (non-hydrogen) atoms. The van der Waals surface area contributed by atoms with Crippen LogP contribution in [0.5, 0.6) is 0 Å². The molecule has 0 aromatic heterocycles. The minimum atomic E-state index is -1.20. The van der Waals surface area contributed by atoms with Crippen LogP contribution in [0.1, 0.15) is 64.7 Å². The number of rotatable bonds is 12. The van der Waals surface area contributed by atoms with Gasteiger partial charge >= 0.3 is 0 Å². The van der Waals surface area contributed by atoms with E-state index in [0.29, 0.717) is 17.4 Å². The number of carboxylic acids is 1. The summed E-state index contributed by atoms with van der Waals surface area (Å²) in [6.07, 6.45) is 8.12. The summed E-state index contributed by atoms with van der Waals surface area (Å²) in [6, 6.07) is 0. The second-order valence-electron chi connectivity index (χ2n) is 6.93. The van der Waals surface area contributed by atoms with E-state index >= 15 is 0 Å². The molecule has 0 bridgehead atoms. The number of unbranched alkanes of at least 4 members (excludes halogenated alkanes) is 6. The first-order chi connectivity index (χ1) is 10.6. The van der Waals surface area contributed by atoms with Crippen molar-refractivity contribution in [2.75, 3.05) is 27.7 Å². The van der Waals surface area contributed by atoms with Crippen LogP contribution in [0.25, 0.3) is 0 Å². The fourth-order valence-electron chi connectivity index (χ4n) is 2.11. The van der Waals surface area contributed by atoms with E-state index in [9.17, 15) is 14.7 Å². The molecule has 6 heteroatoms. The van der Waals surface area contributed by atoms with Gasteiger partial charge < -0.3 is 19.5 Å². The third-order valence-electron chi connectivity index (χ3n) is 3.14. The molecule has 0 saturated carbocycles. The minimum Gasteiger partial charge on any atom is -0.550 e. The number of aliphatic carboxylic acids is 1. The van der Waals surface area contributed by atoms with Crippen LogP contribution >= 0.6 is 11.6 Å². The molecule has 0 spiro atoms. The lowest BCUT2D eigenvalue weighted by Gasteiger charge is -2.26. The van der Waals surface area contributed by atoms with Gasteiger partial charge in [0.05, 0.1) is 21.1 Å². The van der Waals surface area contributed by atoms with Crippen LogP contribution in [-0.4, -0.2) is 54.6 Å². The van der Waals surface area contributed by atoms with Gasteiger partial charge in [-0.25, -0.2) is 0 Å². The highest BCUT2D eigenvalue weighted by Crippen LogP contribution is 2.08. The highest BCUT2D eigenvalue weighted by atomic mass is 35.5. The molecule has 0 radical (unpaired) electrons. The van der Waals surface area contributed by atoms with Gasteiger partial charge in [-0.3, -0.25) is 4.79 Å². The number of likely N-dealkylation sites (N-methyl/N-ethyl adjacent to an activating group) is 1. The molecule has 138 valence electrons. The van der Waals surface area contributed by atoms with Gasteiger partial charge in [-0.1, -0.05) is 45.4 Å². The largest absolute Gasteiger partial charge is 0.550 e. The SMILES string of the molecule is CCCCCCCCCC(=O)Cl.C[N+](C)(C)CC(O)CC(=O)[O-]. The number of carboxylic acid groups (broad SMARTS) is 1. The van der Waals surface area contributed by atoms with Crippen LogP contribution in [0.15, 0.2) is 0 Å². The molecule has 5 nitrogen and oxygen atoms in total. The average Bonchev–Trinajstić information content (AvgIpc) is 2.34. The lowest BCUT2D eigenvalue weighted by atomic mass is 10.1. The molecule has 1 atom stereocenters. The Morgan fingerprint density at radius 3 is 1.91 bits per heavy atom. The van der Waals surface area contributed by atoms with Gasteiger partial charge in [-0.05, 0) is 18.0 Å². The first kappa shape index (κ1) is 24.6. The van der Waals surface area contributed by atoms with Gasteiger partial charge in [0.2, 0.25) is 5.24 Å². The van der Waals surface area contributed by atoms with Crippen LogP contribution in [0.2, 0.25) is 0 Å². The highest BCUT2D eigenvalue weighted by Gasteiger charge is 2.14. The Balaban J connectivity index is 0. The zero-order chi connectivity index (χ0) is 18.3. The molecule has 0 aromatic rings. The summed E-state index contributed by atoms with van der Waals surface area (Å²) >= 11 is 5.20. The van der Waals surface area contributed by atoms with Crippen molar-refractivity contribution >= 4 is 22.8 Å². The van der Waals surface area contributed by atoms with Crippen molar-refractivity contribution in [2.24, 2.45) is 0 Å². The molecule has 0 aliphatic rings. The van der Waals surface area contributed by atoms with Gasteiger partial charge in [0.25, 0.3) is 0 Å². The van der Waals surface area contributed by atoms with Gasteiger partial charge in [-0.2, -0.15) is 0 Å². The molecule has 1 unspecified atom stereocenters. The summed E-state index contributed by atoms with van der Waals surface area (Å²) in [7, 11) is 5.66. The van der Waals surface area contributed by atoms with Gasteiger partial charge in [0.15, 0.2) is 0 Å². The van der Waals surface area contributed by atoms with E-state index in [1.54, 1.807) is 0 Å². The maximum Gasteiger partial charge on any atom is 0.221 e. The number of carbonyl (C=O) groups is 2. The lowest BCUT2D eigenvalue weighted by molar-refractivity contribution is -0.873. The fraction of sp³-hybridized carbons (Fsp3) is 0.882. The summed E-state index contributed by atoms with van der Waals surface area (Å²) in [5.41, 5.74) is 0. The van der Waals surface area contributed by atoms with Crippen molar-refractivity contribution in [3.63, 3.8) is 0 Å². The zero-order valence-electron chi connectivity index (χ0n) is 15.1. The Morgan fingerprint density at radius 2 is 1.52 bits per heavy atom. The number of nitrogens with zero attached hydrogens (tertiary/aromatic N) is 1. The summed E-state index contributed by atoms with van der Waals surface area (Å²) in [6.45, 7) is 2.64. The molecule has 1 N–H and O–H groups in total. The Bertz CT molecular complexity index is 316. The second kappa shape index (κ2) is 14.9. The lowest BCUT2D eigenvalue weighted by Crippen LogP contribution is -2.43. The molecule has 0 aliphatic heterocycles. The van der Waals surface area contributed by atoms with E-state index < -0.39 is 12.1 Å². The Kier molecular flexibility index (Phi) is 15.9. The van der Waals surface area contributed by atoms with Crippen LogP contribution in [-0.2, 0) is 9.59 Å². The number of carbonyl (C=O) groups excluding carboxylic acids is 2. The zero-order valence-corrected chi connectivity index (χ0v) is 15.9. The van der Waals surface area contributed by atoms with E-state index in [1.165, 1.54) is 32.1 Å². The van der Waals surface area contributed by atoms with Gasteiger partial charge in [0.1, 0.15) is 12.6 Å². The normalized spacial score (nSPS) is 12.3. The summed E-state index contributed by atoms with van der Waals surface area (Å²) in [5, 5.41) is 18.9. The number of hydrogen-bond acceptors (Lipinski definition) is 4. The highest BCUT2D eigenvalue weighted by molar-refractivity contribution is 6.63. The average molecular weight is 352 g/mol. The van der Waals surface area contributed by atoms with E-state index in [4.69, 9.17) is 16.7 Å². The molecule has 0 rings (SSSR count).